The van der Waals surface area contributed by atoms with Crippen molar-refractivity contribution >= 4 is 11.3 Å². The van der Waals surface area contributed by atoms with Gasteiger partial charge in [0.25, 0.3) is 0 Å². The molecule has 1 aromatic carbocycles. The zero-order valence-corrected chi connectivity index (χ0v) is 11.7. The number of hydrogen-bond acceptors (Lipinski definition) is 3. The van der Waals surface area contributed by atoms with Crippen LogP contribution >= 0.6 is 11.3 Å². The lowest BCUT2D eigenvalue weighted by Crippen LogP contribution is -2.22. The Bertz CT molecular complexity index is 450. The molecule has 2 aromatic rings. The van der Waals surface area contributed by atoms with Crippen LogP contribution in [0.2, 0.25) is 0 Å². The Morgan fingerprint density at radius 3 is 2.56 bits per heavy atom. The third-order valence-corrected chi connectivity index (χ3v) is 3.70. The molecule has 1 atom stereocenters. The average molecular weight is 261 g/mol. The summed E-state index contributed by atoms with van der Waals surface area (Å²) >= 11 is 1.75. The summed E-state index contributed by atoms with van der Waals surface area (Å²) in [6.07, 6.45) is 1.01. The van der Waals surface area contributed by atoms with Crippen LogP contribution in [-0.4, -0.2) is 13.7 Å². The molecule has 1 aromatic heterocycles. The van der Waals surface area contributed by atoms with Crippen LogP contribution in [0.3, 0.4) is 0 Å². The van der Waals surface area contributed by atoms with E-state index in [1.54, 1.807) is 18.4 Å². The Hall–Kier alpha value is -1.32. The van der Waals surface area contributed by atoms with Crippen molar-refractivity contribution in [2.45, 2.75) is 19.4 Å². The first-order valence-corrected chi connectivity index (χ1v) is 7.16. The van der Waals surface area contributed by atoms with Gasteiger partial charge in [-0.2, -0.15) is 11.3 Å². The number of benzene rings is 1. The highest BCUT2D eigenvalue weighted by molar-refractivity contribution is 7.07. The van der Waals surface area contributed by atoms with E-state index in [-0.39, 0.29) is 0 Å². The van der Waals surface area contributed by atoms with Crippen molar-refractivity contribution in [3.8, 4) is 5.75 Å². The van der Waals surface area contributed by atoms with Crippen molar-refractivity contribution in [2.24, 2.45) is 0 Å². The van der Waals surface area contributed by atoms with Crippen molar-refractivity contribution in [3.05, 3.63) is 52.2 Å². The topological polar surface area (TPSA) is 21.3 Å². The first kappa shape index (κ1) is 13.1. The van der Waals surface area contributed by atoms with E-state index in [1.807, 2.05) is 12.1 Å². The molecule has 0 amide bonds. The minimum atomic E-state index is 0.398. The van der Waals surface area contributed by atoms with E-state index in [2.05, 4.69) is 41.2 Å². The van der Waals surface area contributed by atoms with Gasteiger partial charge in [-0.05, 0) is 53.1 Å². The number of nitrogens with one attached hydrogen (secondary N) is 1. The van der Waals surface area contributed by atoms with Crippen LogP contribution in [0.5, 0.6) is 5.75 Å². The zero-order valence-electron chi connectivity index (χ0n) is 10.8. The monoisotopic (exact) mass is 261 g/mol. The van der Waals surface area contributed by atoms with E-state index >= 15 is 0 Å². The summed E-state index contributed by atoms with van der Waals surface area (Å²) in [6, 6.07) is 10.9. The zero-order chi connectivity index (χ0) is 12.8. The number of ether oxygens (including phenoxy) is 1. The molecule has 2 rings (SSSR count). The molecule has 0 fully saturated rings. The van der Waals surface area contributed by atoms with Crippen LogP contribution in [0.15, 0.2) is 41.1 Å². The fraction of sp³-hybridized carbons (Fsp3) is 0.333. The van der Waals surface area contributed by atoms with Crippen molar-refractivity contribution in [1.29, 1.82) is 0 Å². The van der Waals surface area contributed by atoms with Gasteiger partial charge < -0.3 is 10.1 Å². The molecule has 0 saturated carbocycles. The quantitative estimate of drug-likeness (QED) is 0.857. The van der Waals surface area contributed by atoms with Gasteiger partial charge in [0.05, 0.1) is 7.11 Å². The Kier molecular flexibility index (Phi) is 4.79. The van der Waals surface area contributed by atoms with Gasteiger partial charge in [0.15, 0.2) is 0 Å². The predicted molar refractivity (Wildman–Crippen MR) is 77.4 cm³/mol. The van der Waals surface area contributed by atoms with Gasteiger partial charge in [-0.25, -0.2) is 0 Å². The van der Waals surface area contributed by atoms with Crippen molar-refractivity contribution in [3.63, 3.8) is 0 Å². The molecule has 0 aliphatic rings. The molecule has 96 valence electrons. The molecule has 0 spiro atoms. The third kappa shape index (κ3) is 3.34. The molecule has 3 heteroatoms. The van der Waals surface area contributed by atoms with Crippen molar-refractivity contribution in [2.75, 3.05) is 13.7 Å². The minimum absolute atomic E-state index is 0.398. The van der Waals surface area contributed by atoms with Gasteiger partial charge in [-0.3, -0.25) is 0 Å². The fourth-order valence-electron chi connectivity index (χ4n) is 2.02. The summed E-state index contributed by atoms with van der Waals surface area (Å²) in [5.41, 5.74) is 2.70. The maximum atomic E-state index is 5.18. The van der Waals surface area contributed by atoms with E-state index in [0.717, 1.165) is 18.7 Å². The summed E-state index contributed by atoms with van der Waals surface area (Å²) < 4.78 is 5.18. The molecule has 0 aliphatic carbocycles. The van der Waals surface area contributed by atoms with Crippen LogP contribution in [-0.2, 0) is 6.42 Å². The van der Waals surface area contributed by atoms with Crippen molar-refractivity contribution < 1.29 is 4.74 Å². The summed E-state index contributed by atoms with van der Waals surface area (Å²) in [6.45, 7) is 3.13. The summed E-state index contributed by atoms with van der Waals surface area (Å²) in [5.74, 6) is 0.911. The van der Waals surface area contributed by atoms with Gasteiger partial charge >= 0.3 is 0 Å². The van der Waals surface area contributed by atoms with Gasteiger partial charge in [0.2, 0.25) is 0 Å². The fourth-order valence-corrected chi connectivity index (χ4v) is 2.74. The molecule has 1 unspecified atom stereocenters. The number of hydrogen-bond donors (Lipinski definition) is 1. The number of thiophene rings is 1. The maximum Gasteiger partial charge on any atom is 0.118 e. The number of likely N-dealkylation sites (N-methyl/N-ethyl adjacent to an activating group) is 1. The second-order valence-corrected chi connectivity index (χ2v) is 5.00. The Morgan fingerprint density at radius 2 is 2.00 bits per heavy atom. The van der Waals surface area contributed by atoms with Gasteiger partial charge in [-0.1, -0.05) is 19.1 Å². The molecule has 0 bridgehead atoms. The molecule has 0 aliphatic heterocycles. The van der Waals surface area contributed by atoms with Gasteiger partial charge in [0, 0.05) is 6.04 Å². The normalized spacial score (nSPS) is 12.3. The second-order valence-electron chi connectivity index (χ2n) is 4.22. The first-order valence-electron chi connectivity index (χ1n) is 6.22. The Labute approximate surface area is 113 Å². The van der Waals surface area contributed by atoms with E-state index in [1.165, 1.54) is 11.1 Å². The molecular formula is C15H19NOS. The lowest BCUT2D eigenvalue weighted by Gasteiger charge is -2.17. The SMILES string of the molecule is CCNC(Cc1ccc(OC)cc1)c1ccsc1. The predicted octanol–water partition coefficient (Wildman–Crippen LogP) is 3.65. The largest absolute Gasteiger partial charge is 0.497 e. The van der Waals surface area contributed by atoms with Gasteiger partial charge in [-0.15, -0.1) is 0 Å². The smallest absolute Gasteiger partial charge is 0.118 e. The summed E-state index contributed by atoms with van der Waals surface area (Å²) in [5, 5.41) is 7.89. The average Bonchev–Trinajstić information content (AvgIpc) is 2.93. The maximum absolute atomic E-state index is 5.18. The minimum Gasteiger partial charge on any atom is -0.497 e. The highest BCUT2D eigenvalue weighted by Crippen LogP contribution is 2.22. The molecule has 1 N–H and O–H groups in total. The van der Waals surface area contributed by atoms with Crippen LogP contribution in [0, 0.1) is 0 Å². The van der Waals surface area contributed by atoms with E-state index in [4.69, 9.17) is 4.74 Å². The highest BCUT2D eigenvalue weighted by atomic mass is 32.1. The second kappa shape index (κ2) is 6.57. The van der Waals surface area contributed by atoms with E-state index < -0.39 is 0 Å². The molecule has 2 nitrogen and oxygen atoms in total. The van der Waals surface area contributed by atoms with Gasteiger partial charge in [0.1, 0.15) is 5.75 Å². The number of methoxy groups -OCH3 is 1. The molecule has 1 heterocycles. The Morgan fingerprint density at radius 1 is 1.22 bits per heavy atom. The molecular weight excluding hydrogens is 242 g/mol. The molecule has 18 heavy (non-hydrogen) atoms. The van der Waals surface area contributed by atoms with Crippen molar-refractivity contribution in [1.82, 2.24) is 5.32 Å². The highest BCUT2D eigenvalue weighted by Gasteiger charge is 2.11. The lowest BCUT2D eigenvalue weighted by atomic mass is 10.0. The van der Waals surface area contributed by atoms with Crippen LogP contribution in [0.25, 0.3) is 0 Å². The van der Waals surface area contributed by atoms with E-state index in [0.29, 0.717) is 6.04 Å². The van der Waals surface area contributed by atoms with Crippen LogP contribution in [0.1, 0.15) is 24.1 Å². The van der Waals surface area contributed by atoms with E-state index in [9.17, 15) is 0 Å². The molecule has 0 saturated heterocycles. The first-order chi connectivity index (χ1) is 8.83. The molecule has 0 radical (unpaired) electrons. The number of rotatable bonds is 6. The van der Waals surface area contributed by atoms with Crippen LogP contribution in [0.4, 0.5) is 0 Å². The summed E-state index contributed by atoms with van der Waals surface area (Å²) in [4.78, 5) is 0. The summed E-state index contributed by atoms with van der Waals surface area (Å²) in [7, 11) is 1.70. The standard InChI is InChI=1S/C15H19NOS/c1-3-16-15(13-8-9-18-11-13)10-12-4-6-14(17-2)7-5-12/h4-9,11,15-16H,3,10H2,1-2H3. The third-order valence-electron chi connectivity index (χ3n) is 2.99. The lowest BCUT2D eigenvalue weighted by molar-refractivity contribution is 0.414. The Balaban J connectivity index is 2.08. The van der Waals surface area contributed by atoms with Crippen LogP contribution < -0.4 is 10.1 Å².